The Bertz CT molecular complexity index is 651. The first-order chi connectivity index (χ1) is 14.5. The molecule has 4 amide bonds. The Morgan fingerprint density at radius 1 is 1.00 bits per heavy atom. The summed E-state index contributed by atoms with van der Waals surface area (Å²) in [6.45, 7) is 3.72. The summed E-state index contributed by atoms with van der Waals surface area (Å²) in [5.74, 6) is -3.96. The van der Waals surface area contributed by atoms with Crippen LogP contribution in [0, 0.1) is 5.92 Å². The standard InChI is InChI=1S/C18H33N5O6S2/c1-4-9(2)14(20)17(27)21-10(5-6-31-3)15(25)23-12(8-30)16(26)22-11(18(28)29)7-13(19)24/h9-12,14,30H,4-8,20H2,1-3H3,(H2,19,24)(H,21,27)(H,22,26)(H,23,25)(H,28,29). The first-order valence-electron chi connectivity index (χ1n) is 9.75. The highest BCUT2D eigenvalue weighted by molar-refractivity contribution is 7.98. The molecule has 13 heteroatoms. The largest absolute Gasteiger partial charge is 0.480 e. The molecule has 0 saturated heterocycles. The second-order valence-corrected chi connectivity index (χ2v) is 8.42. The number of carboxylic acids is 1. The fraction of sp³-hybridized carbons (Fsp3) is 0.722. The van der Waals surface area contributed by atoms with Crippen molar-refractivity contribution in [1.29, 1.82) is 0 Å². The Balaban J connectivity index is 5.24. The zero-order valence-corrected chi connectivity index (χ0v) is 19.6. The highest BCUT2D eigenvalue weighted by Gasteiger charge is 2.30. The number of thiol groups is 1. The first-order valence-corrected chi connectivity index (χ1v) is 11.8. The molecule has 0 radical (unpaired) electrons. The van der Waals surface area contributed by atoms with Crippen molar-refractivity contribution in [2.45, 2.75) is 57.3 Å². The van der Waals surface area contributed by atoms with Crippen molar-refractivity contribution >= 4 is 54.0 Å². The molecule has 0 aromatic heterocycles. The smallest absolute Gasteiger partial charge is 0.326 e. The van der Waals surface area contributed by atoms with Crippen molar-refractivity contribution in [3.63, 3.8) is 0 Å². The van der Waals surface area contributed by atoms with E-state index in [1.165, 1.54) is 11.8 Å². The molecule has 0 spiro atoms. The summed E-state index contributed by atoms with van der Waals surface area (Å²) in [5.41, 5.74) is 10.9. The number of carbonyl (C=O) groups excluding carboxylic acids is 4. The van der Waals surface area contributed by atoms with Crippen molar-refractivity contribution < 1.29 is 29.1 Å². The molecule has 5 unspecified atom stereocenters. The molecule has 0 aliphatic carbocycles. The van der Waals surface area contributed by atoms with Crippen LogP contribution in [0.15, 0.2) is 0 Å². The van der Waals surface area contributed by atoms with Gasteiger partial charge in [-0.05, 0) is 24.3 Å². The highest BCUT2D eigenvalue weighted by Crippen LogP contribution is 2.08. The zero-order chi connectivity index (χ0) is 24.1. The van der Waals surface area contributed by atoms with Gasteiger partial charge in [0.15, 0.2) is 0 Å². The Labute approximate surface area is 191 Å². The van der Waals surface area contributed by atoms with Gasteiger partial charge < -0.3 is 32.5 Å². The zero-order valence-electron chi connectivity index (χ0n) is 17.9. The number of aliphatic carboxylic acids is 1. The summed E-state index contributed by atoms with van der Waals surface area (Å²) in [4.78, 5) is 59.7. The number of amides is 4. The van der Waals surface area contributed by atoms with Gasteiger partial charge in [-0.1, -0.05) is 20.3 Å². The van der Waals surface area contributed by atoms with E-state index in [1.54, 1.807) is 0 Å². The van der Waals surface area contributed by atoms with Gasteiger partial charge in [-0.3, -0.25) is 19.2 Å². The van der Waals surface area contributed by atoms with Gasteiger partial charge in [-0.2, -0.15) is 24.4 Å². The van der Waals surface area contributed by atoms with Crippen LogP contribution in [0.25, 0.3) is 0 Å². The van der Waals surface area contributed by atoms with Crippen LogP contribution in [0.2, 0.25) is 0 Å². The Kier molecular flexibility index (Phi) is 14.0. The van der Waals surface area contributed by atoms with Crippen LogP contribution in [0.3, 0.4) is 0 Å². The second kappa shape index (κ2) is 14.9. The van der Waals surface area contributed by atoms with E-state index in [-0.39, 0.29) is 11.7 Å². The fourth-order valence-corrected chi connectivity index (χ4v) is 3.15. The van der Waals surface area contributed by atoms with Crippen LogP contribution in [-0.4, -0.2) is 76.6 Å². The molecule has 0 saturated carbocycles. The summed E-state index contributed by atoms with van der Waals surface area (Å²) in [7, 11) is 0. The highest BCUT2D eigenvalue weighted by atomic mass is 32.2. The van der Waals surface area contributed by atoms with Crippen molar-refractivity contribution in [2.75, 3.05) is 17.8 Å². The van der Waals surface area contributed by atoms with Crippen LogP contribution in [0.1, 0.15) is 33.1 Å². The number of thioether (sulfide) groups is 1. The maximum absolute atomic E-state index is 12.7. The molecule has 178 valence electrons. The third kappa shape index (κ3) is 10.7. The molecule has 0 aromatic carbocycles. The normalized spacial score (nSPS) is 15.6. The lowest BCUT2D eigenvalue weighted by Crippen LogP contribution is -2.58. The Morgan fingerprint density at radius 2 is 1.52 bits per heavy atom. The van der Waals surface area contributed by atoms with Crippen molar-refractivity contribution in [3.05, 3.63) is 0 Å². The lowest BCUT2D eigenvalue weighted by atomic mass is 9.99. The SMILES string of the molecule is CCC(C)C(N)C(=O)NC(CCSC)C(=O)NC(CS)C(=O)NC(CC(N)=O)C(=O)O. The van der Waals surface area contributed by atoms with Crippen LogP contribution in [0.4, 0.5) is 0 Å². The predicted octanol–water partition coefficient (Wildman–Crippen LogP) is -1.54. The maximum Gasteiger partial charge on any atom is 0.326 e. The summed E-state index contributed by atoms with van der Waals surface area (Å²) in [5, 5.41) is 16.3. The molecule has 0 bridgehead atoms. The van der Waals surface area contributed by atoms with E-state index >= 15 is 0 Å². The summed E-state index contributed by atoms with van der Waals surface area (Å²) < 4.78 is 0. The number of hydrogen-bond acceptors (Lipinski definition) is 8. The molecule has 0 fully saturated rings. The van der Waals surface area contributed by atoms with Crippen LogP contribution >= 0.6 is 24.4 Å². The fourth-order valence-electron chi connectivity index (χ4n) is 2.42. The average Bonchev–Trinajstić information content (AvgIpc) is 2.72. The van der Waals surface area contributed by atoms with Gasteiger partial charge in [0, 0.05) is 5.75 Å². The minimum Gasteiger partial charge on any atom is -0.480 e. The van der Waals surface area contributed by atoms with Crippen molar-refractivity contribution in [2.24, 2.45) is 17.4 Å². The lowest BCUT2D eigenvalue weighted by molar-refractivity contribution is -0.143. The molecule has 0 aliphatic heterocycles. The van der Waals surface area contributed by atoms with Gasteiger partial charge >= 0.3 is 5.97 Å². The van der Waals surface area contributed by atoms with Crippen molar-refractivity contribution in [3.8, 4) is 0 Å². The second-order valence-electron chi connectivity index (χ2n) is 7.07. The van der Waals surface area contributed by atoms with Gasteiger partial charge in [0.1, 0.15) is 18.1 Å². The van der Waals surface area contributed by atoms with Gasteiger partial charge in [-0.25, -0.2) is 4.79 Å². The van der Waals surface area contributed by atoms with Crippen LogP contribution in [0.5, 0.6) is 0 Å². The van der Waals surface area contributed by atoms with Gasteiger partial charge in [0.2, 0.25) is 23.6 Å². The molecule has 0 aliphatic rings. The van der Waals surface area contributed by atoms with E-state index in [1.807, 2.05) is 20.1 Å². The van der Waals surface area contributed by atoms with Crippen LogP contribution in [-0.2, 0) is 24.0 Å². The van der Waals surface area contributed by atoms with E-state index in [4.69, 9.17) is 16.6 Å². The average molecular weight is 480 g/mol. The van der Waals surface area contributed by atoms with E-state index < -0.39 is 60.2 Å². The number of nitrogens with one attached hydrogen (secondary N) is 3. The molecule has 0 heterocycles. The third-order valence-corrected chi connectivity index (χ3v) is 5.65. The molecule has 5 atom stereocenters. The Morgan fingerprint density at radius 3 is 1.97 bits per heavy atom. The number of hydrogen-bond donors (Lipinski definition) is 7. The van der Waals surface area contributed by atoms with E-state index in [2.05, 4.69) is 28.6 Å². The van der Waals surface area contributed by atoms with E-state index in [9.17, 15) is 24.0 Å². The molecule has 0 rings (SSSR count). The number of carbonyl (C=O) groups is 5. The minimum absolute atomic E-state index is 0.0848. The lowest BCUT2D eigenvalue weighted by Gasteiger charge is -2.25. The summed E-state index contributed by atoms with van der Waals surface area (Å²) >= 11 is 5.50. The van der Waals surface area contributed by atoms with E-state index in [0.29, 0.717) is 18.6 Å². The van der Waals surface area contributed by atoms with Crippen molar-refractivity contribution in [1.82, 2.24) is 16.0 Å². The third-order valence-electron chi connectivity index (χ3n) is 4.64. The number of nitrogens with two attached hydrogens (primary N) is 2. The van der Waals surface area contributed by atoms with Gasteiger partial charge in [0.25, 0.3) is 0 Å². The summed E-state index contributed by atoms with van der Waals surface area (Å²) in [6, 6.07) is -4.46. The van der Waals surface area contributed by atoms with Crippen LogP contribution < -0.4 is 27.4 Å². The summed E-state index contributed by atoms with van der Waals surface area (Å²) in [6.07, 6.45) is 2.23. The molecule has 31 heavy (non-hydrogen) atoms. The monoisotopic (exact) mass is 479 g/mol. The van der Waals surface area contributed by atoms with Gasteiger partial charge in [-0.15, -0.1) is 0 Å². The van der Waals surface area contributed by atoms with Gasteiger partial charge in [0.05, 0.1) is 12.5 Å². The molecule has 0 aromatic rings. The Hall–Kier alpha value is -1.99. The first kappa shape index (κ1) is 29.0. The maximum atomic E-state index is 12.7. The predicted molar refractivity (Wildman–Crippen MR) is 122 cm³/mol. The molecule has 8 N–H and O–H groups in total. The number of primary amides is 1. The topological polar surface area (TPSA) is 194 Å². The molecular weight excluding hydrogens is 446 g/mol. The quantitative estimate of drug-likeness (QED) is 0.137. The molecular formula is C18H33N5O6S2. The van der Waals surface area contributed by atoms with E-state index in [0.717, 1.165) is 0 Å². The minimum atomic E-state index is -1.54. The number of rotatable bonds is 15. The number of carboxylic acid groups (broad SMARTS) is 1. The molecule has 11 nitrogen and oxygen atoms in total.